The molecular formula is C10H13NO2S. The van der Waals surface area contributed by atoms with Gasteiger partial charge in [0.15, 0.2) is 0 Å². The molecule has 14 heavy (non-hydrogen) atoms. The molecule has 3 nitrogen and oxygen atoms in total. The van der Waals surface area contributed by atoms with Crippen molar-refractivity contribution < 1.29 is 8.42 Å². The Morgan fingerprint density at radius 3 is 2.50 bits per heavy atom. The Hall–Kier alpha value is -0.870. The van der Waals surface area contributed by atoms with Crippen LogP contribution in [-0.2, 0) is 10.0 Å². The van der Waals surface area contributed by atoms with E-state index in [1.54, 1.807) is 0 Å². The van der Waals surface area contributed by atoms with E-state index in [-0.39, 0.29) is 11.7 Å². The average Bonchev–Trinajstić information content (AvgIpc) is 2.82. The molecule has 1 aliphatic carbocycles. The highest BCUT2D eigenvalue weighted by Crippen LogP contribution is 2.47. The molecule has 2 unspecified atom stereocenters. The van der Waals surface area contributed by atoms with E-state index in [1.807, 2.05) is 30.3 Å². The van der Waals surface area contributed by atoms with Crippen molar-refractivity contribution in [1.29, 1.82) is 0 Å². The third-order valence-corrected chi connectivity index (χ3v) is 3.49. The molecule has 0 amide bonds. The maximum Gasteiger partial charge on any atom is 0.209 e. The highest BCUT2D eigenvalue weighted by Gasteiger charge is 2.40. The van der Waals surface area contributed by atoms with E-state index in [9.17, 15) is 8.42 Å². The summed E-state index contributed by atoms with van der Waals surface area (Å²) < 4.78 is 21.7. The van der Waals surface area contributed by atoms with Gasteiger partial charge in [-0.25, -0.2) is 13.6 Å². The van der Waals surface area contributed by atoms with E-state index in [2.05, 4.69) is 0 Å². The number of sulfonamides is 1. The van der Waals surface area contributed by atoms with Crippen LogP contribution in [0.5, 0.6) is 0 Å². The van der Waals surface area contributed by atoms with Gasteiger partial charge >= 0.3 is 0 Å². The van der Waals surface area contributed by atoms with Gasteiger partial charge in [-0.1, -0.05) is 30.3 Å². The molecule has 1 aromatic carbocycles. The van der Waals surface area contributed by atoms with Crippen molar-refractivity contribution >= 4 is 10.0 Å². The van der Waals surface area contributed by atoms with E-state index in [4.69, 9.17) is 5.14 Å². The Bertz CT molecular complexity index is 413. The molecule has 0 bridgehead atoms. The summed E-state index contributed by atoms with van der Waals surface area (Å²) >= 11 is 0. The van der Waals surface area contributed by atoms with Crippen molar-refractivity contribution in [2.75, 3.05) is 5.75 Å². The number of primary sulfonamides is 1. The van der Waals surface area contributed by atoms with Gasteiger partial charge in [0.2, 0.25) is 10.0 Å². The molecule has 0 saturated heterocycles. The van der Waals surface area contributed by atoms with Gasteiger partial charge in [-0.2, -0.15) is 0 Å². The standard InChI is InChI=1S/C10H13NO2S/c11-14(12,13)7-9-6-10(9)8-4-2-1-3-5-8/h1-5,9-10H,6-7H2,(H2,11,12,13). The fourth-order valence-electron chi connectivity index (χ4n) is 1.84. The molecule has 76 valence electrons. The number of hydrogen-bond donors (Lipinski definition) is 1. The second-order valence-corrected chi connectivity index (χ2v) is 5.50. The second-order valence-electron chi connectivity index (χ2n) is 3.84. The zero-order valence-electron chi connectivity index (χ0n) is 7.76. The summed E-state index contributed by atoms with van der Waals surface area (Å²) in [4.78, 5) is 0. The lowest BCUT2D eigenvalue weighted by atomic mass is 10.1. The summed E-state index contributed by atoms with van der Waals surface area (Å²) in [7, 11) is -3.30. The summed E-state index contributed by atoms with van der Waals surface area (Å²) in [6.07, 6.45) is 0.945. The monoisotopic (exact) mass is 211 g/mol. The summed E-state index contributed by atoms with van der Waals surface area (Å²) in [6.45, 7) is 0. The zero-order valence-corrected chi connectivity index (χ0v) is 8.57. The quantitative estimate of drug-likeness (QED) is 0.813. The zero-order chi connectivity index (χ0) is 10.2. The van der Waals surface area contributed by atoms with Crippen molar-refractivity contribution in [1.82, 2.24) is 0 Å². The SMILES string of the molecule is NS(=O)(=O)CC1CC1c1ccccc1. The number of nitrogens with two attached hydrogens (primary N) is 1. The molecule has 2 rings (SSSR count). The minimum atomic E-state index is -3.30. The van der Waals surface area contributed by atoms with Crippen LogP contribution in [0.15, 0.2) is 30.3 Å². The Morgan fingerprint density at radius 1 is 1.29 bits per heavy atom. The molecule has 1 aromatic rings. The largest absolute Gasteiger partial charge is 0.229 e. The minimum Gasteiger partial charge on any atom is -0.229 e. The highest BCUT2D eigenvalue weighted by molar-refractivity contribution is 7.89. The van der Waals surface area contributed by atoms with Crippen LogP contribution < -0.4 is 5.14 Å². The summed E-state index contributed by atoms with van der Waals surface area (Å²) in [5, 5.41) is 4.99. The fourth-order valence-corrected chi connectivity index (χ4v) is 2.80. The van der Waals surface area contributed by atoms with Crippen LogP contribution in [0.4, 0.5) is 0 Å². The van der Waals surface area contributed by atoms with Gasteiger partial charge in [-0.05, 0) is 23.8 Å². The normalized spacial score (nSPS) is 26.1. The van der Waals surface area contributed by atoms with Gasteiger partial charge in [-0.15, -0.1) is 0 Å². The third kappa shape index (κ3) is 2.33. The lowest BCUT2D eigenvalue weighted by Gasteiger charge is -1.98. The summed E-state index contributed by atoms with van der Waals surface area (Å²) in [5.74, 6) is 0.744. The predicted octanol–water partition coefficient (Wildman–Crippen LogP) is 1.08. The van der Waals surface area contributed by atoms with Crippen LogP contribution >= 0.6 is 0 Å². The Labute approximate surface area is 84.0 Å². The molecule has 1 fully saturated rings. The Kier molecular flexibility index (Phi) is 2.33. The Morgan fingerprint density at radius 2 is 1.93 bits per heavy atom. The molecule has 1 saturated carbocycles. The first-order valence-electron chi connectivity index (χ1n) is 4.62. The first-order chi connectivity index (χ1) is 6.56. The van der Waals surface area contributed by atoms with Crippen molar-refractivity contribution in [3.63, 3.8) is 0 Å². The molecule has 4 heteroatoms. The number of rotatable bonds is 3. The lowest BCUT2D eigenvalue weighted by molar-refractivity contribution is 0.593. The molecule has 0 aliphatic heterocycles. The van der Waals surface area contributed by atoms with E-state index in [0.29, 0.717) is 5.92 Å². The van der Waals surface area contributed by atoms with Crippen molar-refractivity contribution in [3.05, 3.63) is 35.9 Å². The molecule has 0 heterocycles. The first-order valence-corrected chi connectivity index (χ1v) is 6.33. The van der Waals surface area contributed by atoms with Gasteiger partial charge in [0.25, 0.3) is 0 Å². The van der Waals surface area contributed by atoms with Crippen molar-refractivity contribution in [3.8, 4) is 0 Å². The lowest BCUT2D eigenvalue weighted by Crippen LogP contribution is -2.18. The van der Waals surface area contributed by atoms with Crippen LogP contribution in [0.3, 0.4) is 0 Å². The predicted molar refractivity (Wildman–Crippen MR) is 55.3 cm³/mol. The minimum absolute atomic E-state index is 0.118. The molecule has 2 N–H and O–H groups in total. The maximum atomic E-state index is 10.8. The molecule has 0 aromatic heterocycles. The van der Waals surface area contributed by atoms with Crippen LogP contribution in [0.25, 0.3) is 0 Å². The van der Waals surface area contributed by atoms with Gasteiger partial charge in [0.1, 0.15) is 0 Å². The number of hydrogen-bond acceptors (Lipinski definition) is 2. The Balaban J connectivity index is 2.01. The second kappa shape index (κ2) is 3.37. The van der Waals surface area contributed by atoms with E-state index >= 15 is 0 Å². The van der Waals surface area contributed by atoms with E-state index < -0.39 is 10.0 Å². The van der Waals surface area contributed by atoms with Crippen molar-refractivity contribution in [2.45, 2.75) is 12.3 Å². The van der Waals surface area contributed by atoms with Crippen LogP contribution in [0.2, 0.25) is 0 Å². The first kappa shape index (κ1) is 9.68. The van der Waals surface area contributed by atoms with Crippen LogP contribution in [-0.4, -0.2) is 14.2 Å². The topological polar surface area (TPSA) is 60.2 Å². The molecule has 2 atom stereocenters. The average molecular weight is 211 g/mol. The fraction of sp³-hybridized carbons (Fsp3) is 0.400. The van der Waals surface area contributed by atoms with Crippen molar-refractivity contribution in [2.24, 2.45) is 11.1 Å². The van der Waals surface area contributed by atoms with E-state index in [0.717, 1.165) is 6.42 Å². The smallest absolute Gasteiger partial charge is 0.209 e. The highest BCUT2D eigenvalue weighted by atomic mass is 32.2. The summed E-state index contributed by atoms with van der Waals surface area (Å²) in [6, 6.07) is 9.98. The number of benzene rings is 1. The maximum absolute atomic E-state index is 10.8. The van der Waals surface area contributed by atoms with Gasteiger partial charge < -0.3 is 0 Å². The van der Waals surface area contributed by atoms with Gasteiger partial charge in [-0.3, -0.25) is 0 Å². The summed E-state index contributed by atoms with van der Waals surface area (Å²) in [5.41, 5.74) is 1.22. The van der Waals surface area contributed by atoms with Crippen LogP contribution in [0, 0.1) is 5.92 Å². The molecule has 0 spiro atoms. The molecule has 0 radical (unpaired) electrons. The molecular weight excluding hydrogens is 198 g/mol. The van der Waals surface area contributed by atoms with Crippen LogP contribution in [0.1, 0.15) is 17.9 Å². The van der Waals surface area contributed by atoms with Gasteiger partial charge in [0, 0.05) is 0 Å². The third-order valence-electron chi connectivity index (χ3n) is 2.60. The van der Waals surface area contributed by atoms with E-state index in [1.165, 1.54) is 5.56 Å². The molecule has 1 aliphatic rings. The van der Waals surface area contributed by atoms with Gasteiger partial charge in [0.05, 0.1) is 5.75 Å².